The van der Waals surface area contributed by atoms with Gasteiger partial charge in [-0.15, -0.1) is 0 Å². The third-order valence-corrected chi connectivity index (χ3v) is 5.78. The zero-order valence-corrected chi connectivity index (χ0v) is 17.6. The van der Waals surface area contributed by atoms with E-state index in [1.807, 2.05) is 48.5 Å². The maximum absolute atomic E-state index is 13.2. The molecule has 2 heterocycles. The number of carbonyl (C=O) groups is 1. The first-order chi connectivity index (χ1) is 15.0. The molecule has 31 heavy (non-hydrogen) atoms. The van der Waals surface area contributed by atoms with Gasteiger partial charge in [-0.2, -0.15) is 0 Å². The first-order valence-electron chi connectivity index (χ1n) is 9.62. The number of nitrogens with zero attached hydrogens (tertiary/aromatic N) is 3. The van der Waals surface area contributed by atoms with Crippen LogP contribution in [-0.2, 0) is 17.9 Å². The second kappa shape index (κ2) is 8.97. The first kappa shape index (κ1) is 20.5. The second-order valence-corrected chi connectivity index (χ2v) is 7.85. The molecular formula is C22H20N4O4S. The number of ether oxygens (including phenoxy) is 1. The van der Waals surface area contributed by atoms with Gasteiger partial charge in [0.2, 0.25) is 5.91 Å². The minimum Gasteiger partial charge on any atom is -0.497 e. The van der Waals surface area contributed by atoms with Crippen molar-refractivity contribution in [2.75, 3.05) is 12.0 Å². The van der Waals surface area contributed by atoms with Crippen LogP contribution in [0, 0.1) is 0 Å². The number of aromatic amines is 1. The van der Waals surface area contributed by atoms with Crippen molar-refractivity contribution in [3.8, 4) is 5.75 Å². The number of benzene rings is 2. The summed E-state index contributed by atoms with van der Waals surface area (Å²) in [6.45, 7) is 0.411. The Kier molecular flexibility index (Phi) is 5.94. The summed E-state index contributed by atoms with van der Waals surface area (Å²) in [7, 11) is 1.60. The van der Waals surface area contributed by atoms with Gasteiger partial charge < -0.3 is 4.74 Å². The predicted molar refractivity (Wildman–Crippen MR) is 120 cm³/mol. The monoisotopic (exact) mass is 436 g/mol. The van der Waals surface area contributed by atoms with Crippen molar-refractivity contribution in [2.24, 2.45) is 0 Å². The fraction of sp³-hybridized carbons (Fsp3) is 0.182. The number of H-pyrrole nitrogens is 1. The highest BCUT2D eigenvalue weighted by Crippen LogP contribution is 2.32. The average molecular weight is 436 g/mol. The van der Waals surface area contributed by atoms with Gasteiger partial charge in [0.05, 0.1) is 30.4 Å². The molecule has 0 aliphatic heterocycles. The number of methoxy groups -OCH3 is 1. The van der Waals surface area contributed by atoms with Gasteiger partial charge in [0, 0.05) is 18.6 Å². The van der Waals surface area contributed by atoms with Crippen LogP contribution in [-0.4, -0.2) is 27.8 Å². The van der Waals surface area contributed by atoms with Gasteiger partial charge in [-0.05, 0) is 23.8 Å². The standard InChI is InChI=1S/C22H20N4O4S/c1-30-16-7-8-17-18(13-16)31-22(23-17)25(14-15-5-3-2-4-6-15)20(28)11-12-26-21(29)10-9-19(27)24-26/h2-10,13H,11-12,14H2,1H3,(H,24,27). The molecule has 4 rings (SSSR count). The maximum atomic E-state index is 13.2. The molecule has 1 N–H and O–H groups in total. The fourth-order valence-corrected chi connectivity index (χ4v) is 4.15. The summed E-state index contributed by atoms with van der Waals surface area (Å²) in [6.07, 6.45) is 0.0337. The Hall–Kier alpha value is -3.72. The molecule has 0 fully saturated rings. The van der Waals surface area contributed by atoms with E-state index in [1.165, 1.54) is 17.4 Å². The number of anilines is 1. The number of nitrogens with one attached hydrogen (secondary N) is 1. The molecule has 0 unspecified atom stereocenters. The summed E-state index contributed by atoms with van der Waals surface area (Å²) in [5.74, 6) is 0.516. The number of rotatable bonds is 7. The summed E-state index contributed by atoms with van der Waals surface area (Å²) >= 11 is 1.40. The molecule has 0 aliphatic carbocycles. The fourth-order valence-electron chi connectivity index (χ4n) is 3.13. The van der Waals surface area contributed by atoms with E-state index < -0.39 is 5.56 Å². The molecule has 0 aliphatic rings. The Morgan fingerprint density at radius 1 is 1.13 bits per heavy atom. The van der Waals surface area contributed by atoms with Gasteiger partial charge in [-0.3, -0.25) is 24.4 Å². The maximum Gasteiger partial charge on any atom is 0.265 e. The smallest absolute Gasteiger partial charge is 0.265 e. The van der Waals surface area contributed by atoms with E-state index in [4.69, 9.17) is 4.74 Å². The first-order valence-corrected chi connectivity index (χ1v) is 10.4. The van der Waals surface area contributed by atoms with Crippen LogP contribution < -0.4 is 20.8 Å². The van der Waals surface area contributed by atoms with E-state index in [-0.39, 0.29) is 24.4 Å². The third-order valence-electron chi connectivity index (χ3n) is 4.74. The Morgan fingerprint density at radius 3 is 2.71 bits per heavy atom. The lowest BCUT2D eigenvalue weighted by molar-refractivity contribution is -0.119. The van der Waals surface area contributed by atoms with Crippen LogP contribution in [0.5, 0.6) is 5.75 Å². The molecule has 0 atom stereocenters. The zero-order valence-electron chi connectivity index (χ0n) is 16.8. The number of thiazole rings is 1. The van der Waals surface area contributed by atoms with Gasteiger partial charge >= 0.3 is 0 Å². The Labute approximate surface area is 181 Å². The van der Waals surface area contributed by atoms with Crippen LogP contribution in [0.25, 0.3) is 10.2 Å². The third kappa shape index (κ3) is 4.72. The summed E-state index contributed by atoms with van der Waals surface area (Å²) in [4.78, 5) is 42.9. The number of aryl methyl sites for hydroxylation is 1. The Morgan fingerprint density at radius 2 is 1.94 bits per heavy atom. The quantitative estimate of drug-likeness (QED) is 0.480. The van der Waals surface area contributed by atoms with E-state index in [0.717, 1.165) is 32.3 Å². The van der Waals surface area contributed by atoms with E-state index >= 15 is 0 Å². The van der Waals surface area contributed by atoms with Gasteiger partial charge in [0.1, 0.15) is 5.75 Å². The van der Waals surface area contributed by atoms with Crippen LogP contribution in [0.15, 0.2) is 70.3 Å². The summed E-state index contributed by atoms with van der Waals surface area (Å²) in [6, 6.07) is 17.5. The second-order valence-electron chi connectivity index (χ2n) is 6.84. The normalized spacial score (nSPS) is 10.9. The van der Waals surface area contributed by atoms with Crippen LogP contribution in [0.1, 0.15) is 12.0 Å². The summed E-state index contributed by atoms with van der Waals surface area (Å²) < 4.78 is 7.33. The van der Waals surface area contributed by atoms with Gasteiger partial charge in [0.25, 0.3) is 11.1 Å². The average Bonchev–Trinajstić information content (AvgIpc) is 3.21. The molecule has 0 saturated carbocycles. The van der Waals surface area contributed by atoms with Crippen molar-refractivity contribution >= 4 is 32.6 Å². The van der Waals surface area contributed by atoms with Gasteiger partial charge in [-0.25, -0.2) is 9.67 Å². The lowest BCUT2D eigenvalue weighted by atomic mass is 10.2. The summed E-state index contributed by atoms with van der Waals surface area (Å²) in [5.41, 5.74) is 0.968. The van der Waals surface area contributed by atoms with Crippen molar-refractivity contribution in [2.45, 2.75) is 19.5 Å². The zero-order chi connectivity index (χ0) is 21.8. The Balaban J connectivity index is 1.63. The van der Waals surface area contributed by atoms with Gasteiger partial charge in [0.15, 0.2) is 5.13 Å². The molecule has 4 aromatic rings. The van der Waals surface area contributed by atoms with Crippen LogP contribution in [0.2, 0.25) is 0 Å². The molecule has 158 valence electrons. The topological polar surface area (TPSA) is 97.3 Å². The predicted octanol–water partition coefficient (Wildman–Crippen LogP) is 2.78. The molecule has 2 aromatic heterocycles. The van der Waals surface area contributed by atoms with Crippen LogP contribution in [0.3, 0.4) is 0 Å². The number of aromatic nitrogens is 3. The lowest BCUT2D eigenvalue weighted by Gasteiger charge is -2.20. The minimum absolute atomic E-state index is 0.0337. The highest BCUT2D eigenvalue weighted by molar-refractivity contribution is 7.22. The van der Waals surface area contributed by atoms with Crippen molar-refractivity contribution in [3.05, 3.63) is 86.9 Å². The minimum atomic E-state index is -0.395. The highest BCUT2D eigenvalue weighted by Gasteiger charge is 2.20. The van der Waals surface area contributed by atoms with Crippen molar-refractivity contribution in [1.29, 1.82) is 0 Å². The van der Waals surface area contributed by atoms with Crippen molar-refractivity contribution in [1.82, 2.24) is 14.8 Å². The number of amides is 1. The molecular weight excluding hydrogens is 416 g/mol. The SMILES string of the molecule is COc1ccc2nc(N(Cc3ccccc3)C(=O)CCn3[nH]c(=O)ccc3=O)sc2c1. The number of carbonyl (C=O) groups excluding carboxylic acids is 1. The van der Waals surface area contributed by atoms with E-state index in [9.17, 15) is 14.4 Å². The molecule has 9 heteroatoms. The molecule has 0 saturated heterocycles. The molecule has 8 nitrogen and oxygen atoms in total. The largest absolute Gasteiger partial charge is 0.497 e. The number of hydrogen-bond donors (Lipinski definition) is 1. The van der Waals surface area contributed by atoms with E-state index in [1.54, 1.807) is 12.0 Å². The van der Waals surface area contributed by atoms with Crippen molar-refractivity contribution in [3.63, 3.8) is 0 Å². The molecule has 2 aromatic carbocycles. The Bertz CT molecular complexity index is 1330. The van der Waals surface area contributed by atoms with E-state index in [0.29, 0.717) is 11.7 Å². The highest BCUT2D eigenvalue weighted by atomic mass is 32.1. The van der Waals surface area contributed by atoms with E-state index in [2.05, 4.69) is 10.1 Å². The number of hydrogen-bond acceptors (Lipinski definition) is 6. The molecule has 0 bridgehead atoms. The molecule has 1 amide bonds. The van der Waals surface area contributed by atoms with Gasteiger partial charge in [-0.1, -0.05) is 41.7 Å². The molecule has 0 spiro atoms. The van der Waals surface area contributed by atoms with Crippen LogP contribution in [0.4, 0.5) is 5.13 Å². The summed E-state index contributed by atoms with van der Waals surface area (Å²) in [5, 5.41) is 3.01. The van der Waals surface area contributed by atoms with Crippen molar-refractivity contribution < 1.29 is 9.53 Å². The lowest BCUT2D eigenvalue weighted by Crippen LogP contribution is -2.34. The molecule has 0 radical (unpaired) electrons. The van der Waals surface area contributed by atoms with Crippen LogP contribution >= 0.6 is 11.3 Å². The number of fused-ring (bicyclic) bond motifs is 1.